The van der Waals surface area contributed by atoms with Crippen LogP contribution in [0.25, 0.3) is 0 Å². The Morgan fingerprint density at radius 2 is 2.12 bits per heavy atom. The van der Waals surface area contributed by atoms with Gasteiger partial charge in [-0.05, 0) is 24.7 Å². The minimum Gasteiger partial charge on any atom is -0.384 e. The smallest absolute Gasteiger partial charge is 0.157 e. The van der Waals surface area contributed by atoms with Crippen LogP contribution in [-0.4, -0.2) is 39.2 Å². The Morgan fingerprint density at radius 1 is 1.50 bits per heavy atom. The zero-order valence-corrected chi connectivity index (χ0v) is 11.2. The molecule has 0 aromatic rings. The van der Waals surface area contributed by atoms with E-state index in [1.54, 1.807) is 14.0 Å². The highest BCUT2D eigenvalue weighted by Gasteiger charge is 2.52. The van der Waals surface area contributed by atoms with Crippen LogP contribution in [0.15, 0.2) is 0 Å². The molecule has 0 aliphatic heterocycles. The van der Waals surface area contributed by atoms with Crippen molar-refractivity contribution in [3.63, 3.8) is 0 Å². The van der Waals surface area contributed by atoms with Crippen molar-refractivity contribution in [1.82, 2.24) is 0 Å². The zero-order chi connectivity index (χ0) is 12.4. The maximum atomic E-state index is 12.2. The molecule has 0 aromatic carbocycles. The molecular formula is C11H23NO3S. The Morgan fingerprint density at radius 3 is 2.56 bits per heavy atom. The van der Waals surface area contributed by atoms with Gasteiger partial charge in [-0.3, -0.25) is 0 Å². The van der Waals surface area contributed by atoms with Crippen molar-refractivity contribution in [2.45, 2.75) is 31.4 Å². The monoisotopic (exact) mass is 249 g/mol. The van der Waals surface area contributed by atoms with E-state index in [-0.39, 0.29) is 18.2 Å². The number of ether oxygens (including phenoxy) is 1. The molecule has 4 nitrogen and oxygen atoms in total. The fraction of sp³-hybridized carbons (Fsp3) is 1.00. The molecule has 5 heteroatoms. The van der Waals surface area contributed by atoms with Gasteiger partial charge in [0, 0.05) is 26.0 Å². The van der Waals surface area contributed by atoms with Crippen LogP contribution >= 0.6 is 0 Å². The van der Waals surface area contributed by atoms with E-state index in [4.69, 9.17) is 10.5 Å². The quantitative estimate of drug-likeness (QED) is 0.783. The van der Waals surface area contributed by atoms with Crippen molar-refractivity contribution in [2.24, 2.45) is 17.6 Å². The Kier molecular flexibility index (Phi) is 4.37. The summed E-state index contributed by atoms with van der Waals surface area (Å²) in [6, 6.07) is 0. The summed E-state index contributed by atoms with van der Waals surface area (Å²) < 4.78 is 28.8. The molecule has 0 saturated heterocycles. The summed E-state index contributed by atoms with van der Waals surface area (Å²) >= 11 is 0. The summed E-state index contributed by atoms with van der Waals surface area (Å²) in [5.41, 5.74) is 5.76. The first-order valence-corrected chi connectivity index (χ1v) is 7.50. The second-order valence-corrected chi connectivity index (χ2v) is 7.45. The Labute approximate surface area is 98.5 Å². The SMILES string of the molecule is CCS(=O)(=O)[C@]1(CN)C[C@H](COC)C[C@@H]1C. The van der Waals surface area contributed by atoms with Crippen LogP contribution in [0.4, 0.5) is 0 Å². The van der Waals surface area contributed by atoms with Gasteiger partial charge in [0.05, 0.1) is 4.75 Å². The van der Waals surface area contributed by atoms with Crippen LogP contribution in [-0.2, 0) is 14.6 Å². The number of sulfone groups is 1. The molecular weight excluding hydrogens is 226 g/mol. The van der Waals surface area contributed by atoms with Gasteiger partial charge in [0.2, 0.25) is 0 Å². The summed E-state index contributed by atoms with van der Waals surface area (Å²) in [5.74, 6) is 0.626. The van der Waals surface area contributed by atoms with Crippen LogP contribution in [0.1, 0.15) is 26.7 Å². The Bertz CT molecular complexity index is 328. The first kappa shape index (κ1) is 13.9. The average molecular weight is 249 g/mol. The first-order valence-electron chi connectivity index (χ1n) is 5.84. The number of methoxy groups -OCH3 is 1. The highest BCUT2D eigenvalue weighted by molar-refractivity contribution is 7.92. The third kappa shape index (κ3) is 2.13. The molecule has 1 fully saturated rings. The summed E-state index contributed by atoms with van der Waals surface area (Å²) in [4.78, 5) is 0. The predicted octanol–water partition coefficient (Wildman–Crippen LogP) is 0.811. The van der Waals surface area contributed by atoms with E-state index in [2.05, 4.69) is 0 Å². The third-order valence-electron chi connectivity index (χ3n) is 3.97. The average Bonchev–Trinajstić information content (AvgIpc) is 2.57. The van der Waals surface area contributed by atoms with Gasteiger partial charge in [0.1, 0.15) is 0 Å². The minimum absolute atomic E-state index is 0.127. The van der Waals surface area contributed by atoms with Crippen molar-refractivity contribution >= 4 is 9.84 Å². The van der Waals surface area contributed by atoms with Crippen LogP contribution in [0.3, 0.4) is 0 Å². The molecule has 3 atom stereocenters. The molecule has 0 spiro atoms. The van der Waals surface area contributed by atoms with E-state index in [0.717, 1.165) is 6.42 Å². The molecule has 0 radical (unpaired) electrons. The number of rotatable bonds is 5. The molecule has 1 rings (SSSR count). The number of hydrogen-bond donors (Lipinski definition) is 1. The summed E-state index contributed by atoms with van der Waals surface area (Å²) in [5, 5.41) is 0. The van der Waals surface area contributed by atoms with Crippen molar-refractivity contribution in [2.75, 3.05) is 26.0 Å². The van der Waals surface area contributed by atoms with Gasteiger partial charge in [-0.1, -0.05) is 13.8 Å². The van der Waals surface area contributed by atoms with E-state index < -0.39 is 14.6 Å². The summed E-state index contributed by atoms with van der Waals surface area (Å²) in [7, 11) is -1.44. The van der Waals surface area contributed by atoms with Gasteiger partial charge < -0.3 is 10.5 Å². The van der Waals surface area contributed by atoms with Gasteiger partial charge in [0.25, 0.3) is 0 Å². The van der Waals surface area contributed by atoms with Gasteiger partial charge in [-0.25, -0.2) is 8.42 Å². The zero-order valence-electron chi connectivity index (χ0n) is 10.4. The first-order chi connectivity index (χ1) is 7.43. The maximum absolute atomic E-state index is 12.2. The highest BCUT2D eigenvalue weighted by atomic mass is 32.2. The van der Waals surface area contributed by atoms with Crippen LogP contribution < -0.4 is 5.73 Å². The number of hydrogen-bond acceptors (Lipinski definition) is 4. The van der Waals surface area contributed by atoms with Crippen LogP contribution in [0, 0.1) is 11.8 Å². The van der Waals surface area contributed by atoms with Crippen molar-refractivity contribution in [1.29, 1.82) is 0 Å². The molecule has 0 bridgehead atoms. The van der Waals surface area contributed by atoms with Gasteiger partial charge in [-0.2, -0.15) is 0 Å². The molecule has 1 aliphatic rings. The van der Waals surface area contributed by atoms with Gasteiger partial charge >= 0.3 is 0 Å². The minimum atomic E-state index is -3.09. The molecule has 1 saturated carbocycles. The summed E-state index contributed by atoms with van der Waals surface area (Å²) in [6.45, 7) is 4.55. The molecule has 16 heavy (non-hydrogen) atoms. The summed E-state index contributed by atoms with van der Waals surface area (Å²) in [6.07, 6.45) is 1.54. The predicted molar refractivity (Wildman–Crippen MR) is 65.0 cm³/mol. The fourth-order valence-electron chi connectivity index (χ4n) is 2.98. The Balaban J connectivity index is 2.98. The van der Waals surface area contributed by atoms with Gasteiger partial charge in [0.15, 0.2) is 9.84 Å². The van der Waals surface area contributed by atoms with Crippen molar-refractivity contribution < 1.29 is 13.2 Å². The van der Waals surface area contributed by atoms with Crippen LogP contribution in [0.2, 0.25) is 0 Å². The van der Waals surface area contributed by atoms with E-state index in [0.29, 0.717) is 18.9 Å². The molecule has 1 aliphatic carbocycles. The Hall–Kier alpha value is -0.130. The lowest BCUT2D eigenvalue weighted by Crippen LogP contribution is -2.48. The van der Waals surface area contributed by atoms with Gasteiger partial charge in [-0.15, -0.1) is 0 Å². The van der Waals surface area contributed by atoms with Crippen LogP contribution in [0.5, 0.6) is 0 Å². The lowest BCUT2D eigenvalue weighted by Gasteiger charge is -2.31. The molecule has 0 unspecified atom stereocenters. The third-order valence-corrected chi connectivity index (χ3v) is 6.70. The van der Waals surface area contributed by atoms with E-state index in [1.165, 1.54) is 0 Å². The van der Waals surface area contributed by atoms with E-state index in [9.17, 15) is 8.42 Å². The fourth-order valence-corrected chi connectivity index (χ4v) is 5.01. The standard InChI is InChI=1S/C11H23NO3S/c1-4-16(13,14)11(8-12)6-10(7-15-3)5-9(11)2/h9-10H,4-8,12H2,1-3H3/t9-,10+,11-/m0/s1. The molecule has 0 amide bonds. The van der Waals surface area contributed by atoms with Crippen molar-refractivity contribution in [3.8, 4) is 0 Å². The second-order valence-electron chi connectivity index (χ2n) is 4.83. The normalized spacial score (nSPS) is 35.5. The maximum Gasteiger partial charge on any atom is 0.157 e. The van der Waals surface area contributed by atoms with E-state index >= 15 is 0 Å². The molecule has 0 heterocycles. The highest BCUT2D eigenvalue weighted by Crippen LogP contribution is 2.44. The lowest BCUT2D eigenvalue weighted by atomic mass is 9.97. The second kappa shape index (κ2) is 5.02. The lowest BCUT2D eigenvalue weighted by molar-refractivity contribution is 0.152. The molecule has 2 N–H and O–H groups in total. The topological polar surface area (TPSA) is 69.4 Å². The largest absolute Gasteiger partial charge is 0.384 e. The number of nitrogens with two attached hydrogens (primary N) is 1. The van der Waals surface area contributed by atoms with E-state index in [1.807, 2.05) is 6.92 Å². The molecule has 96 valence electrons. The van der Waals surface area contributed by atoms with Crippen molar-refractivity contribution in [3.05, 3.63) is 0 Å². The molecule has 0 aromatic heterocycles.